The highest BCUT2D eigenvalue weighted by Gasteiger charge is 2.57. The summed E-state index contributed by atoms with van der Waals surface area (Å²) in [4.78, 5) is 38.8. The van der Waals surface area contributed by atoms with Crippen LogP contribution in [0, 0.1) is 17.8 Å². The van der Waals surface area contributed by atoms with Crippen molar-refractivity contribution in [2.75, 3.05) is 6.61 Å². The van der Waals surface area contributed by atoms with E-state index in [1.807, 2.05) is 88.4 Å². The number of hydrogen-bond donors (Lipinski definition) is 2. The van der Waals surface area contributed by atoms with Gasteiger partial charge < -0.3 is 9.84 Å². The second kappa shape index (κ2) is 12.8. The summed E-state index contributed by atoms with van der Waals surface area (Å²) in [6.45, 7) is 7.82. The molecule has 1 fully saturated rings. The van der Waals surface area contributed by atoms with Gasteiger partial charge in [0.05, 0.1) is 30.6 Å². The standard InChI is InChI=1S/C29H38N2O5/c1-19(2)15-16-24(33)31(30-23(32)18-36-17-21-11-7-5-8-12-21)27(20(3)4)29(35)26-25(28(26)34)22-13-9-6-10-14-22/h5-14,19-20,25-27,29,35H,15-18H2,1-4H3,(H,30,32)/t25?,26?,27-,29-/m0/s1. The molecule has 2 aromatic carbocycles. The van der Waals surface area contributed by atoms with E-state index >= 15 is 0 Å². The molecule has 0 bridgehead atoms. The van der Waals surface area contributed by atoms with E-state index in [1.54, 1.807) is 0 Å². The number of ether oxygens (including phenoxy) is 1. The molecular formula is C29H38N2O5. The van der Waals surface area contributed by atoms with Crippen molar-refractivity contribution in [3.8, 4) is 0 Å². The van der Waals surface area contributed by atoms with E-state index in [2.05, 4.69) is 5.43 Å². The Morgan fingerprint density at radius 3 is 2.19 bits per heavy atom. The summed E-state index contributed by atoms with van der Waals surface area (Å²) in [6.07, 6.45) is -0.248. The number of hydrogen-bond acceptors (Lipinski definition) is 5. The van der Waals surface area contributed by atoms with Crippen LogP contribution >= 0.6 is 0 Å². The fourth-order valence-electron chi connectivity index (χ4n) is 4.55. The fraction of sp³-hybridized carbons (Fsp3) is 0.483. The smallest absolute Gasteiger partial charge is 0.264 e. The zero-order valence-electron chi connectivity index (χ0n) is 21.6. The van der Waals surface area contributed by atoms with Gasteiger partial charge in [-0.15, -0.1) is 0 Å². The molecule has 0 heterocycles. The van der Waals surface area contributed by atoms with Crippen LogP contribution in [0.5, 0.6) is 0 Å². The topological polar surface area (TPSA) is 95.9 Å². The van der Waals surface area contributed by atoms with E-state index in [1.165, 1.54) is 5.01 Å². The number of carbonyl (C=O) groups excluding carboxylic acids is 3. The molecule has 1 aliphatic carbocycles. The Morgan fingerprint density at radius 1 is 1.00 bits per heavy atom. The van der Waals surface area contributed by atoms with Gasteiger partial charge in [-0.05, 0) is 29.4 Å². The Labute approximate surface area is 213 Å². The molecule has 36 heavy (non-hydrogen) atoms. The molecule has 0 saturated heterocycles. The number of aliphatic hydroxyl groups excluding tert-OH is 1. The van der Waals surface area contributed by atoms with E-state index in [9.17, 15) is 19.5 Å². The Kier molecular flexibility index (Phi) is 9.79. The Hall–Kier alpha value is -3.03. The second-order valence-electron chi connectivity index (χ2n) is 10.3. The van der Waals surface area contributed by atoms with E-state index in [0.717, 1.165) is 11.1 Å². The highest BCUT2D eigenvalue weighted by atomic mass is 16.5. The van der Waals surface area contributed by atoms with E-state index in [4.69, 9.17) is 4.74 Å². The van der Waals surface area contributed by atoms with Crippen molar-refractivity contribution in [1.82, 2.24) is 10.4 Å². The van der Waals surface area contributed by atoms with Gasteiger partial charge in [-0.25, -0.2) is 5.01 Å². The van der Waals surface area contributed by atoms with Crippen LogP contribution in [0.3, 0.4) is 0 Å². The number of nitrogens with zero attached hydrogens (tertiary/aromatic N) is 1. The van der Waals surface area contributed by atoms with Gasteiger partial charge in [0.25, 0.3) is 5.91 Å². The number of Topliss-reactive ketones (excluding diaryl/α,β-unsaturated/α-hetero) is 1. The van der Waals surface area contributed by atoms with Gasteiger partial charge in [0.15, 0.2) is 0 Å². The minimum Gasteiger partial charge on any atom is -0.390 e. The molecule has 0 radical (unpaired) electrons. The number of carbonyl (C=O) groups is 3. The van der Waals surface area contributed by atoms with Crippen molar-refractivity contribution >= 4 is 17.6 Å². The summed E-state index contributed by atoms with van der Waals surface area (Å²) >= 11 is 0. The summed E-state index contributed by atoms with van der Waals surface area (Å²) in [6, 6.07) is 18.1. The van der Waals surface area contributed by atoms with Crippen molar-refractivity contribution < 1.29 is 24.2 Å². The molecule has 0 aromatic heterocycles. The lowest BCUT2D eigenvalue weighted by Crippen LogP contribution is -2.59. The first kappa shape index (κ1) is 27.6. The third kappa shape index (κ3) is 7.24. The van der Waals surface area contributed by atoms with Crippen LogP contribution in [-0.4, -0.2) is 46.5 Å². The van der Waals surface area contributed by atoms with Gasteiger partial charge in [0.2, 0.25) is 5.91 Å². The third-order valence-electron chi connectivity index (χ3n) is 6.54. The molecule has 4 atom stereocenters. The molecule has 7 heteroatoms. The van der Waals surface area contributed by atoms with Crippen LogP contribution in [0.1, 0.15) is 57.6 Å². The van der Waals surface area contributed by atoms with Crippen LogP contribution in [0.4, 0.5) is 0 Å². The van der Waals surface area contributed by atoms with Crippen molar-refractivity contribution in [1.29, 1.82) is 0 Å². The zero-order valence-corrected chi connectivity index (χ0v) is 21.6. The number of aliphatic hydroxyl groups is 1. The number of nitrogens with one attached hydrogen (secondary N) is 1. The number of rotatable bonds is 12. The molecule has 7 nitrogen and oxygen atoms in total. The summed E-state index contributed by atoms with van der Waals surface area (Å²) in [5, 5.41) is 12.6. The number of hydrazine groups is 1. The molecule has 0 spiro atoms. The Balaban J connectivity index is 1.73. The lowest BCUT2D eigenvalue weighted by atomic mass is 9.92. The van der Waals surface area contributed by atoms with E-state index < -0.39 is 29.9 Å². The minimum atomic E-state index is -1.11. The average Bonchev–Trinajstić information content (AvgIpc) is 3.53. The predicted molar refractivity (Wildman–Crippen MR) is 137 cm³/mol. The summed E-state index contributed by atoms with van der Waals surface area (Å²) in [7, 11) is 0. The number of ketones is 1. The molecule has 0 aliphatic heterocycles. The highest BCUT2D eigenvalue weighted by molar-refractivity contribution is 6.05. The van der Waals surface area contributed by atoms with Crippen molar-refractivity contribution in [2.45, 2.75) is 65.2 Å². The molecule has 1 saturated carbocycles. The molecule has 2 N–H and O–H groups in total. The molecule has 2 aromatic rings. The van der Waals surface area contributed by atoms with E-state index in [-0.39, 0.29) is 37.2 Å². The van der Waals surface area contributed by atoms with Crippen LogP contribution < -0.4 is 5.43 Å². The van der Waals surface area contributed by atoms with Crippen LogP contribution in [0.15, 0.2) is 60.7 Å². The van der Waals surface area contributed by atoms with Gasteiger partial charge >= 0.3 is 0 Å². The largest absolute Gasteiger partial charge is 0.390 e. The maximum Gasteiger partial charge on any atom is 0.264 e. The van der Waals surface area contributed by atoms with Gasteiger partial charge in [-0.3, -0.25) is 19.8 Å². The number of amides is 2. The van der Waals surface area contributed by atoms with Crippen LogP contribution in [0.2, 0.25) is 0 Å². The van der Waals surface area contributed by atoms with Crippen molar-refractivity contribution in [3.05, 3.63) is 71.8 Å². The monoisotopic (exact) mass is 494 g/mol. The molecule has 194 valence electrons. The van der Waals surface area contributed by atoms with Crippen LogP contribution in [0.25, 0.3) is 0 Å². The maximum atomic E-state index is 13.3. The fourth-order valence-corrected chi connectivity index (χ4v) is 4.55. The molecule has 1 aliphatic rings. The highest BCUT2D eigenvalue weighted by Crippen LogP contribution is 2.47. The van der Waals surface area contributed by atoms with Gasteiger partial charge in [0, 0.05) is 6.42 Å². The van der Waals surface area contributed by atoms with E-state index in [0.29, 0.717) is 12.3 Å². The molecule has 3 rings (SSSR count). The third-order valence-corrected chi connectivity index (χ3v) is 6.54. The SMILES string of the molecule is CC(C)CCC(=O)N(NC(=O)COCc1ccccc1)[C@@H](C(C)C)[C@@H](O)C1C(=O)C1c1ccccc1. The quantitative estimate of drug-likeness (QED) is 0.437. The van der Waals surface area contributed by atoms with Crippen LogP contribution in [-0.2, 0) is 25.7 Å². The van der Waals surface area contributed by atoms with Gasteiger partial charge in [-0.1, -0.05) is 88.4 Å². The maximum absolute atomic E-state index is 13.3. The van der Waals surface area contributed by atoms with Crippen molar-refractivity contribution in [3.63, 3.8) is 0 Å². The summed E-state index contributed by atoms with van der Waals surface area (Å²) in [5.41, 5.74) is 4.48. The van der Waals surface area contributed by atoms with Crippen molar-refractivity contribution in [2.24, 2.45) is 17.8 Å². The van der Waals surface area contributed by atoms with Gasteiger partial charge in [-0.2, -0.15) is 0 Å². The lowest BCUT2D eigenvalue weighted by Gasteiger charge is -2.37. The average molecular weight is 495 g/mol. The molecule has 2 unspecified atom stereocenters. The van der Waals surface area contributed by atoms with Gasteiger partial charge in [0.1, 0.15) is 12.4 Å². The normalized spacial score (nSPS) is 18.7. The first-order valence-corrected chi connectivity index (χ1v) is 12.7. The lowest BCUT2D eigenvalue weighted by molar-refractivity contribution is -0.152. The predicted octanol–water partition coefficient (Wildman–Crippen LogP) is 3.87. The Morgan fingerprint density at radius 2 is 1.61 bits per heavy atom. The molecular weight excluding hydrogens is 456 g/mol. The Bertz CT molecular complexity index is 1010. The first-order chi connectivity index (χ1) is 17.2. The first-order valence-electron chi connectivity index (χ1n) is 12.7. The minimum absolute atomic E-state index is 0.0496. The summed E-state index contributed by atoms with van der Waals surface area (Å²) in [5.74, 6) is -1.75. The zero-order chi connectivity index (χ0) is 26.2. The molecule has 2 amide bonds. The summed E-state index contributed by atoms with van der Waals surface area (Å²) < 4.78 is 5.55. The number of benzene rings is 2. The second-order valence-corrected chi connectivity index (χ2v) is 10.3.